The Morgan fingerprint density at radius 3 is 2.50 bits per heavy atom. The first-order chi connectivity index (χ1) is 9.49. The highest BCUT2D eigenvalue weighted by Gasteiger charge is 2.16. The minimum atomic E-state index is -0.623. The maximum Gasteiger partial charge on any atom is 0.341 e. The van der Waals surface area contributed by atoms with Crippen LogP contribution in [0.4, 0.5) is 0 Å². The molecule has 0 spiro atoms. The van der Waals surface area contributed by atoms with Gasteiger partial charge in [0.15, 0.2) is 5.78 Å². The van der Waals surface area contributed by atoms with E-state index in [-0.39, 0.29) is 18.0 Å². The van der Waals surface area contributed by atoms with Crippen LogP contribution in [0, 0.1) is 0 Å². The van der Waals surface area contributed by atoms with E-state index in [4.69, 9.17) is 9.47 Å². The standard InChI is InChI=1S/C15H17BrO4/c1-4-19-14-7-6-12(16)8-11(14)9-13(10(3)17)15(18)20-5-2/h6-9H,4-5H2,1-3H3. The lowest BCUT2D eigenvalue weighted by atomic mass is 10.1. The summed E-state index contributed by atoms with van der Waals surface area (Å²) in [7, 11) is 0. The molecule has 0 aliphatic rings. The molecule has 0 saturated heterocycles. The fourth-order valence-electron chi connectivity index (χ4n) is 1.59. The summed E-state index contributed by atoms with van der Waals surface area (Å²) in [6, 6.07) is 5.40. The average molecular weight is 341 g/mol. The molecule has 0 aliphatic heterocycles. The van der Waals surface area contributed by atoms with Gasteiger partial charge in [0.2, 0.25) is 0 Å². The van der Waals surface area contributed by atoms with Gasteiger partial charge in [-0.2, -0.15) is 0 Å². The number of carbonyl (C=O) groups excluding carboxylic acids is 2. The first-order valence-corrected chi connectivity index (χ1v) is 7.11. The Kier molecular flexibility index (Phi) is 6.45. The van der Waals surface area contributed by atoms with Crippen LogP contribution in [0.2, 0.25) is 0 Å². The van der Waals surface area contributed by atoms with Gasteiger partial charge in [-0.25, -0.2) is 4.79 Å². The monoisotopic (exact) mass is 340 g/mol. The van der Waals surface area contributed by atoms with Crippen molar-refractivity contribution in [3.05, 3.63) is 33.8 Å². The topological polar surface area (TPSA) is 52.6 Å². The Morgan fingerprint density at radius 1 is 1.25 bits per heavy atom. The summed E-state index contributed by atoms with van der Waals surface area (Å²) in [4.78, 5) is 23.4. The van der Waals surface area contributed by atoms with E-state index >= 15 is 0 Å². The zero-order valence-electron chi connectivity index (χ0n) is 11.7. The van der Waals surface area contributed by atoms with Crippen molar-refractivity contribution in [2.24, 2.45) is 0 Å². The Labute approximate surface area is 126 Å². The Morgan fingerprint density at radius 2 is 1.95 bits per heavy atom. The number of hydrogen-bond donors (Lipinski definition) is 0. The fourth-order valence-corrected chi connectivity index (χ4v) is 1.97. The predicted molar refractivity (Wildman–Crippen MR) is 80.6 cm³/mol. The van der Waals surface area contributed by atoms with Gasteiger partial charge in [0.1, 0.15) is 11.3 Å². The van der Waals surface area contributed by atoms with E-state index in [1.807, 2.05) is 13.0 Å². The van der Waals surface area contributed by atoms with Crippen molar-refractivity contribution < 1.29 is 19.1 Å². The predicted octanol–water partition coefficient (Wildman–Crippen LogP) is 3.38. The summed E-state index contributed by atoms with van der Waals surface area (Å²) in [5.74, 6) is -0.355. The van der Waals surface area contributed by atoms with Crippen LogP contribution in [0.1, 0.15) is 26.3 Å². The maximum atomic E-state index is 11.8. The number of hydrogen-bond acceptors (Lipinski definition) is 4. The molecule has 0 fully saturated rings. The lowest BCUT2D eigenvalue weighted by Crippen LogP contribution is -2.13. The van der Waals surface area contributed by atoms with Crippen LogP contribution in [0.15, 0.2) is 28.2 Å². The third-order valence-corrected chi connectivity index (χ3v) is 2.94. The van der Waals surface area contributed by atoms with E-state index in [1.165, 1.54) is 13.0 Å². The average Bonchev–Trinajstić information content (AvgIpc) is 2.38. The molecular formula is C15H17BrO4. The Hall–Kier alpha value is -1.62. The van der Waals surface area contributed by atoms with Crippen LogP contribution in [0.25, 0.3) is 6.08 Å². The highest BCUT2D eigenvalue weighted by atomic mass is 79.9. The SMILES string of the molecule is CCOC(=O)C(=Cc1cc(Br)ccc1OCC)C(C)=O. The third-order valence-electron chi connectivity index (χ3n) is 2.45. The highest BCUT2D eigenvalue weighted by Crippen LogP contribution is 2.26. The van der Waals surface area contributed by atoms with E-state index in [0.29, 0.717) is 17.9 Å². The lowest BCUT2D eigenvalue weighted by Gasteiger charge is -2.09. The zero-order valence-corrected chi connectivity index (χ0v) is 13.3. The van der Waals surface area contributed by atoms with Gasteiger partial charge in [-0.3, -0.25) is 4.79 Å². The second-order valence-corrected chi connectivity index (χ2v) is 4.87. The van der Waals surface area contributed by atoms with E-state index in [1.54, 1.807) is 19.1 Å². The van der Waals surface area contributed by atoms with Crippen molar-refractivity contribution in [2.75, 3.05) is 13.2 Å². The quantitative estimate of drug-likeness (QED) is 0.344. The number of ether oxygens (including phenoxy) is 2. The molecular weight excluding hydrogens is 324 g/mol. The summed E-state index contributed by atoms with van der Waals surface area (Å²) in [6.07, 6.45) is 1.50. The van der Waals surface area contributed by atoms with Crippen molar-refractivity contribution in [1.29, 1.82) is 0 Å². The van der Waals surface area contributed by atoms with E-state index in [2.05, 4.69) is 15.9 Å². The molecule has 0 atom stereocenters. The first-order valence-electron chi connectivity index (χ1n) is 6.31. The van der Waals surface area contributed by atoms with E-state index in [9.17, 15) is 9.59 Å². The van der Waals surface area contributed by atoms with Crippen molar-refractivity contribution in [2.45, 2.75) is 20.8 Å². The molecule has 0 radical (unpaired) electrons. The molecule has 0 aliphatic carbocycles. The molecule has 5 heteroatoms. The molecule has 0 amide bonds. The van der Waals surface area contributed by atoms with E-state index in [0.717, 1.165) is 4.47 Å². The summed E-state index contributed by atoms with van der Waals surface area (Å²) < 4.78 is 11.2. The fraction of sp³-hybridized carbons (Fsp3) is 0.333. The van der Waals surface area contributed by atoms with Crippen LogP contribution < -0.4 is 4.74 Å². The second kappa shape index (κ2) is 7.85. The normalized spacial score (nSPS) is 11.1. The lowest BCUT2D eigenvalue weighted by molar-refractivity contribution is -0.139. The number of halogens is 1. The number of esters is 1. The van der Waals surface area contributed by atoms with Gasteiger partial charge >= 0.3 is 5.97 Å². The van der Waals surface area contributed by atoms with Crippen molar-refractivity contribution in [3.63, 3.8) is 0 Å². The second-order valence-electron chi connectivity index (χ2n) is 3.95. The molecule has 0 unspecified atom stereocenters. The Balaban J connectivity index is 3.25. The molecule has 0 heterocycles. The summed E-state index contributed by atoms with van der Waals surface area (Å²) in [6.45, 7) is 5.62. The van der Waals surface area contributed by atoms with Gasteiger partial charge in [0, 0.05) is 10.0 Å². The molecule has 20 heavy (non-hydrogen) atoms. The van der Waals surface area contributed by atoms with Gasteiger partial charge in [-0.1, -0.05) is 15.9 Å². The van der Waals surface area contributed by atoms with Crippen molar-refractivity contribution >= 4 is 33.8 Å². The van der Waals surface area contributed by atoms with E-state index < -0.39 is 5.97 Å². The minimum absolute atomic E-state index is 0.00547. The highest BCUT2D eigenvalue weighted by molar-refractivity contribution is 9.10. The molecule has 0 bridgehead atoms. The largest absolute Gasteiger partial charge is 0.493 e. The van der Waals surface area contributed by atoms with Gasteiger partial charge < -0.3 is 9.47 Å². The van der Waals surface area contributed by atoms with Crippen LogP contribution in [0.3, 0.4) is 0 Å². The van der Waals surface area contributed by atoms with Crippen LogP contribution in [-0.2, 0) is 14.3 Å². The summed E-state index contributed by atoms with van der Waals surface area (Å²) >= 11 is 3.36. The van der Waals surface area contributed by atoms with Crippen LogP contribution >= 0.6 is 15.9 Å². The molecule has 1 aromatic rings. The zero-order chi connectivity index (χ0) is 15.1. The third kappa shape index (κ3) is 4.49. The molecule has 1 rings (SSSR count). The summed E-state index contributed by atoms with van der Waals surface area (Å²) in [5.41, 5.74) is 0.658. The molecule has 0 aromatic heterocycles. The number of rotatable bonds is 6. The van der Waals surface area contributed by atoms with Gasteiger partial charge in [0.25, 0.3) is 0 Å². The first kappa shape index (κ1) is 16.4. The number of carbonyl (C=O) groups is 2. The van der Waals surface area contributed by atoms with Gasteiger partial charge in [0.05, 0.1) is 13.2 Å². The number of ketones is 1. The molecule has 108 valence electrons. The van der Waals surface area contributed by atoms with Crippen LogP contribution in [0.5, 0.6) is 5.75 Å². The molecule has 1 aromatic carbocycles. The van der Waals surface area contributed by atoms with Crippen molar-refractivity contribution in [1.82, 2.24) is 0 Å². The maximum absolute atomic E-state index is 11.8. The van der Waals surface area contributed by atoms with Crippen LogP contribution in [-0.4, -0.2) is 25.0 Å². The minimum Gasteiger partial charge on any atom is -0.493 e. The molecule has 0 N–H and O–H groups in total. The van der Waals surface area contributed by atoms with Gasteiger partial charge in [-0.05, 0) is 45.0 Å². The van der Waals surface area contributed by atoms with Gasteiger partial charge in [-0.15, -0.1) is 0 Å². The molecule has 4 nitrogen and oxygen atoms in total. The number of Topliss-reactive ketones (excluding diaryl/α,β-unsaturated/α-hetero) is 1. The number of benzene rings is 1. The molecule has 0 saturated carbocycles. The smallest absolute Gasteiger partial charge is 0.341 e. The van der Waals surface area contributed by atoms with Crippen molar-refractivity contribution in [3.8, 4) is 5.75 Å². The summed E-state index contributed by atoms with van der Waals surface area (Å²) in [5, 5.41) is 0. The Bertz CT molecular complexity index is 535.